The number of benzene rings is 1. The van der Waals surface area contributed by atoms with Gasteiger partial charge in [0.1, 0.15) is 0 Å². The van der Waals surface area contributed by atoms with Gasteiger partial charge in [-0.1, -0.05) is 18.2 Å². The first kappa shape index (κ1) is 14.3. The van der Waals surface area contributed by atoms with Crippen LogP contribution in [-0.2, 0) is 4.74 Å². The Morgan fingerprint density at radius 2 is 2.16 bits per heavy atom. The molecule has 0 aliphatic carbocycles. The van der Waals surface area contributed by atoms with Crippen LogP contribution < -0.4 is 0 Å². The van der Waals surface area contributed by atoms with Crippen molar-refractivity contribution in [3.05, 3.63) is 35.2 Å². The molecule has 1 heterocycles. The molecule has 0 aliphatic heterocycles. The van der Waals surface area contributed by atoms with Crippen LogP contribution in [0.4, 0.5) is 0 Å². The van der Waals surface area contributed by atoms with Crippen LogP contribution in [0.1, 0.15) is 9.67 Å². The van der Waals surface area contributed by atoms with Crippen LogP contribution in [0, 0.1) is 0 Å². The Morgan fingerprint density at radius 1 is 1.37 bits per heavy atom. The first-order chi connectivity index (χ1) is 9.22. The molecule has 3 nitrogen and oxygen atoms in total. The molecule has 0 bridgehead atoms. The van der Waals surface area contributed by atoms with Crippen molar-refractivity contribution in [2.75, 3.05) is 32.7 Å². The van der Waals surface area contributed by atoms with Crippen molar-refractivity contribution in [1.82, 2.24) is 4.90 Å². The van der Waals surface area contributed by atoms with Gasteiger partial charge in [-0.05, 0) is 17.5 Å². The number of fused-ring (bicyclic) bond motifs is 1. The lowest BCUT2D eigenvalue weighted by molar-refractivity contribution is 0.0716. The number of likely N-dealkylation sites (N-methyl/N-ethyl adjacent to an activating group) is 1. The molecule has 0 unspecified atom stereocenters. The maximum Gasteiger partial charge on any atom is 0.263 e. The standard InChI is InChI=1S/C14H16ClNO2S/c1-16(7-9-18-8-6-15)14(17)13-10-11-4-2-3-5-12(11)19-13/h2-5,10H,6-9H2,1H3. The lowest BCUT2D eigenvalue weighted by atomic mass is 10.2. The molecule has 0 fully saturated rings. The highest BCUT2D eigenvalue weighted by molar-refractivity contribution is 7.20. The number of carbonyl (C=O) groups is 1. The molecule has 19 heavy (non-hydrogen) atoms. The summed E-state index contributed by atoms with van der Waals surface area (Å²) in [4.78, 5) is 14.7. The van der Waals surface area contributed by atoms with E-state index < -0.39 is 0 Å². The summed E-state index contributed by atoms with van der Waals surface area (Å²) in [6, 6.07) is 9.95. The van der Waals surface area contributed by atoms with E-state index in [-0.39, 0.29) is 5.91 Å². The number of carbonyl (C=O) groups excluding carboxylic acids is 1. The van der Waals surface area contributed by atoms with Crippen LogP contribution in [0.5, 0.6) is 0 Å². The number of hydrogen-bond donors (Lipinski definition) is 0. The molecule has 2 aromatic rings. The average Bonchev–Trinajstić information content (AvgIpc) is 2.86. The van der Waals surface area contributed by atoms with Gasteiger partial charge in [0, 0.05) is 24.2 Å². The highest BCUT2D eigenvalue weighted by atomic mass is 35.5. The molecule has 102 valence electrons. The van der Waals surface area contributed by atoms with Crippen molar-refractivity contribution in [2.24, 2.45) is 0 Å². The highest BCUT2D eigenvalue weighted by Gasteiger charge is 2.14. The van der Waals surface area contributed by atoms with Crippen molar-refractivity contribution >= 4 is 38.9 Å². The van der Waals surface area contributed by atoms with Crippen LogP contribution in [-0.4, -0.2) is 43.5 Å². The summed E-state index contributed by atoms with van der Waals surface area (Å²) < 4.78 is 6.41. The molecule has 0 N–H and O–H groups in total. The third-order valence-electron chi connectivity index (χ3n) is 2.78. The second-order valence-corrected chi connectivity index (χ2v) is 5.64. The first-order valence-corrected chi connectivity index (χ1v) is 7.45. The average molecular weight is 298 g/mol. The third-order valence-corrected chi connectivity index (χ3v) is 4.03. The zero-order chi connectivity index (χ0) is 13.7. The minimum absolute atomic E-state index is 0.0377. The molecule has 1 aromatic carbocycles. The second kappa shape index (κ2) is 6.89. The van der Waals surface area contributed by atoms with Gasteiger partial charge in [-0.3, -0.25) is 4.79 Å². The Bertz CT molecular complexity index is 522. The molecule has 5 heteroatoms. The Hall–Kier alpha value is -1.10. The number of alkyl halides is 1. The highest BCUT2D eigenvalue weighted by Crippen LogP contribution is 2.25. The van der Waals surface area contributed by atoms with Gasteiger partial charge in [0.2, 0.25) is 0 Å². The zero-order valence-corrected chi connectivity index (χ0v) is 12.3. The molecule has 0 saturated carbocycles. The lowest BCUT2D eigenvalue weighted by Gasteiger charge is -2.15. The number of rotatable bonds is 6. The monoisotopic (exact) mass is 297 g/mol. The van der Waals surface area contributed by atoms with Crippen molar-refractivity contribution in [2.45, 2.75) is 0 Å². The van der Waals surface area contributed by atoms with Gasteiger partial charge in [0.05, 0.1) is 18.1 Å². The summed E-state index contributed by atoms with van der Waals surface area (Å²) in [5.41, 5.74) is 0. The van der Waals surface area contributed by atoms with E-state index >= 15 is 0 Å². The van der Waals surface area contributed by atoms with E-state index in [2.05, 4.69) is 0 Å². The number of ether oxygens (including phenoxy) is 1. The van der Waals surface area contributed by atoms with Crippen molar-refractivity contribution in [1.29, 1.82) is 0 Å². The van der Waals surface area contributed by atoms with E-state index in [1.807, 2.05) is 30.3 Å². The molecular formula is C14H16ClNO2S. The Kier molecular flexibility index (Phi) is 5.19. The minimum Gasteiger partial charge on any atom is -0.378 e. The smallest absolute Gasteiger partial charge is 0.263 e. The number of thiophene rings is 1. The predicted molar refractivity (Wildman–Crippen MR) is 80.3 cm³/mol. The van der Waals surface area contributed by atoms with Gasteiger partial charge in [0.15, 0.2) is 0 Å². The molecule has 2 rings (SSSR count). The molecule has 0 saturated heterocycles. The summed E-state index contributed by atoms with van der Waals surface area (Å²) in [5, 5.41) is 1.11. The Balaban J connectivity index is 1.98. The van der Waals surface area contributed by atoms with Crippen LogP contribution in [0.25, 0.3) is 10.1 Å². The van der Waals surface area contributed by atoms with Crippen molar-refractivity contribution in [3.63, 3.8) is 0 Å². The quantitative estimate of drug-likeness (QED) is 0.605. The van der Waals surface area contributed by atoms with E-state index in [1.54, 1.807) is 11.9 Å². The number of halogens is 1. The molecule has 1 amide bonds. The third kappa shape index (κ3) is 3.69. The molecule has 0 spiro atoms. The summed E-state index contributed by atoms with van der Waals surface area (Å²) in [5.74, 6) is 0.518. The van der Waals surface area contributed by atoms with Crippen LogP contribution >= 0.6 is 22.9 Å². The van der Waals surface area contributed by atoms with E-state index in [0.717, 1.165) is 15.0 Å². The Morgan fingerprint density at radius 3 is 2.89 bits per heavy atom. The van der Waals surface area contributed by atoms with E-state index in [4.69, 9.17) is 16.3 Å². The fourth-order valence-electron chi connectivity index (χ4n) is 1.74. The van der Waals surface area contributed by atoms with Crippen LogP contribution in [0.3, 0.4) is 0 Å². The fraction of sp³-hybridized carbons (Fsp3) is 0.357. The maximum absolute atomic E-state index is 12.2. The molecule has 0 radical (unpaired) electrons. The first-order valence-electron chi connectivity index (χ1n) is 6.10. The van der Waals surface area contributed by atoms with Crippen LogP contribution in [0.15, 0.2) is 30.3 Å². The van der Waals surface area contributed by atoms with E-state index in [9.17, 15) is 4.79 Å². The largest absolute Gasteiger partial charge is 0.378 e. The summed E-state index contributed by atoms with van der Waals surface area (Å²) in [6.07, 6.45) is 0. The van der Waals surface area contributed by atoms with Crippen molar-refractivity contribution < 1.29 is 9.53 Å². The maximum atomic E-state index is 12.2. The Labute approximate surface area is 121 Å². The zero-order valence-electron chi connectivity index (χ0n) is 10.8. The lowest BCUT2D eigenvalue weighted by Crippen LogP contribution is -2.29. The molecule has 1 aromatic heterocycles. The predicted octanol–water partition coefficient (Wildman–Crippen LogP) is 3.23. The number of hydrogen-bond acceptors (Lipinski definition) is 3. The van der Waals surface area contributed by atoms with Gasteiger partial charge in [-0.15, -0.1) is 22.9 Å². The topological polar surface area (TPSA) is 29.5 Å². The normalized spacial score (nSPS) is 10.8. The van der Waals surface area contributed by atoms with E-state index in [0.29, 0.717) is 25.6 Å². The van der Waals surface area contributed by atoms with E-state index in [1.165, 1.54) is 11.3 Å². The molecular weight excluding hydrogens is 282 g/mol. The number of amides is 1. The van der Waals surface area contributed by atoms with Crippen molar-refractivity contribution in [3.8, 4) is 0 Å². The summed E-state index contributed by atoms with van der Waals surface area (Å²) in [7, 11) is 1.79. The second-order valence-electron chi connectivity index (χ2n) is 4.18. The summed E-state index contributed by atoms with van der Waals surface area (Å²) in [6.45, 7) is 1.61. The van der Waals surface area contributed by atoms with Crippen LogP contribution in [0.2, 0.25) is 0 Å². The van der Waals surface area contributed by atoms with Gasteiger partial charge in [0.25, 0.3) is 5.91 Å². The van der Waals surface area contributed by atoms with Gasteiger partial charge in [-0.2, -0.15) is 0 Å². The molecule has 0 aliphatic rings. The molecule has 0 atom stereocenters. The van der Waals surface area contributed by atoms with Gasteiger partial charge >= 0.3 is 0 Å². The SMILES string of the molecule is CN(CCOCCCl)C(=O)c1cc2ccccc2s1. The van der Waals surface area contributed by atoms with Gasteiger partial charge in [-0.25, -0.2) is 0 Å². The summed E-state index contributed by atoms with van der Waals surface area (Å²) >= 11 is 7.04. The fourth-order valence-corrected chi connectivity index (χ4v) is 2.90. The number of nitrogens with zero attached hydrogens (tertiary/aromatic N) is 1. The minimum atomic E-state index is 0.0377. The van der Waals surface area contributed by atoms with Gasteiger partial charge < -0.3 is 9.64 Å².